The molecule has 2 unspecified atom stereocenters. The van der Waals surface area contributed by atoms with Crippen molar-refractivity contribution in [2.75, 3.05) is 6.61 Å². The summed E-state index contributed by atoms with van der Waals surface area (Å²) in [6.07, 6.45) is 7.20. The molecule has 168 valence electrons. The number of carboxylic acids is 1. The van der Waals surface area contributed by atoms with E-state index < -0.39 is 17.3 Å². The van der Waals surface area contributed by atoms with E-state index in [1.165, 1.54) is 0 Å². The van der Waals surface area contributed by atoms with Crippen LogP contribution in [-0.2, 0) is 11.3 Å². The van der Waals surface area contributed by atoms with Crippen LogP contribution in [0.2, 0.25) is 5.02 Å². The van der Waals surface area contributed by atoms with E-state index >= 15 is 0 Å². The number of imidazole rings is 1. The normalized spacial score (nSPS) is 19.5. The number of nitrogens with zero attached hydrogens (tertiary/aromatic N) is 3. The van der Waals surface area contributed by atoms with Gasteiger partial charge in [-0.3, -0.25) is 4.79 Å². The average Bonchev–Trinajstić information content (AvgIpc) is 3.09. The SMILES string of the molecule is Cc1cc(OCC2(C)C=CC=CC2C(=O)O)cc2c1nc(C)n2Cc1ccc(C#N)cc1Cl. The lowest BCUT2D eigenvalue weighted by Crippen LogP contribution is -2.36. The number of hydrogen-bond donors (Lipinski definition) is 1. The van der Waals surface area contributed by atoms with E-state index in [0.29, 0.717) is 22.9 Å². The van der Waals surface area contributed by atoms with Crippen LogP contribution in [0.15, 0.2) is 54.6 Å². The number of aryl methyl sites for hydroxylation is 2. The Hall–Kier alpha value is -3.56. The van der Waals surface area contributed by atoms with Crippen molar-refractivity contribution < 1.29 is 14.6 Å². The molecule has 1 heterocycles. The summed E-state index contributed by atoms with van der Waals surface area (Å²) in [6, 6.07) is 11.2. The zero-order valence-electron chi connectivity index (χ0n) is 18.7. The molecule has 0 saturated heterocycles. The molecule has 0 aliphatic heterocycles. The Morgan fingerprint density at radius 1 is 1.30 bits per heavy atom. The average molecular weight is 462 g/mol. The van der Waals surface area contributed by atoms with Crippen LogP contribution in [0.4, 0.5) is 0 Å². The number of hydrogen-bond acceptors (Lipinski definition) is 4. The fourth-order valence-electron chi connectivity index (χ4n) is 4.19. The first-order valence-corrected chi connectivity index (χ1v) is 11.0. The summed E-state index contributed by atoms with van der Waals surface area (Å²) >= 11 is 6.41. The first-order valence-electron chi connectivity index (χ1n) is 10.6. The van der Waals surface area contributed by atoms with Gasteiger partial charge in [0.25, 0.3) is 0 Å². The molecule has 4 rings (SSSR count). The van der Waals surface area contributed by atoms with Gasteiger partial charge in [-0.1, -0.05) is 48.9 Å². The molecular weight excluding hydrogens is 438 g/mol. The Kier molecular flexibility index (Phi) is 6.01. The van der Waals surface area contributed by atoms with Gasteiger partial charge in [0.15, 0.2) is 0 Å². The number of rotatable bonds is 6. The molecule has 1 N–H and O–H groups in total. The minimum Gasteiger partial charge on any atom is -0.493 e. The Labute approximate surface area is 197 Å². The van der Waals surface area contributed by atoms with Crippen LogP contribution in [0.25, 0.3) is 11.0 Å². The molecule has 7 heteroatoms. The van der Waals surface area contributed by atoms with Crippen LogP contribution in [0.5, 0.6) is 5.75 Å². The van der Waals surface area contributed by atoms with E-state index in [1.807, 2.05) is 51.1 Å². The van der Waals surface area contributed by atoms with Crippen LogP contribution in [-0.4, -0.2) is 27.2 Å². The molecule has 0 saturated carbocycles. The van der Waals surface area contributed by atoms with E-state index in [4.69, 9.17) is 26.6 Å². The quantitative estimate of drug-likeness (QED) is 0.528. The van der Waals surface area contributed by atoms with E-state index in [9.17, 15) is 9.90 Å². The van der Waals surface area contributed by atoms with Gasteiger partial charge in [-0.15, -0.1) is 0 Å². The second-order valence-corrected chi connectivity index (χ2v) is 9.03. The maximum absolute atomic E-state index is 11.7. The van der Waals surface area contributed by atoms with Crippen molar-refractivity contribution in [1.82, 2.24) is 9.55 Å². The molecule has 0 bridgehead atoms. The lowest BCUT2D eigenvalue weighted by molar-refractivity contribution is -0.143. The Bertz CT molecular complexity index is 1350. The minimum atomic E-state index is -0.874. The Morgan fingerprint density at radius 2 is 2.09 bits per heavy atom. The summed E-state index contributed by atoms with van der Waals surface area (Å²) < 4.78 is 8.20. The van der Waals surface area contributed by atoms with Crippen LogP contribution in [0, 0.1) is 36.5 Å². The predicted molar refractivity (Wildman–Crippen MR) is 127 cm³/mol. The van der Waals surface area contributed by atoms with Gasteiger partial charge < -0.3 is 14.4 Å². The topological polar surface area (TPSA) is 88.1 Å². The Morgan fingerprint density at radius 3 is 2.79 bits per heavy atom. The number of halogens is 1. The molecule has 3 aromatic rings. The molecule has 0 amide bonds. The third kappa shape index (κ3) is 4.37. The largest absolute Gasteiger partial charge is 0.493 e. The number of aromatic nitrogens is 2. The number of allylic oxidation sites excluding steroid dienone is 2. The van der Waals surface area contributed by atoms with Crippen LogP contribution in [0.3, 0.4) is 0 Å². The maximum Gasteiger partial charge on any atom is 0.311 e. The van der Waals surface area contributed by atoms with Gasteiger partial charge in [-0.25, -0.2) is 4.98 Å². The molecule has 1 aromatic heterocycles. The molecule has 33 heavy (non-hydrogen) atoms. The molecule has 2 atom stereocenters. The number of carboxylic acid groups (broad SMARTS) is 1. The van der Waals surface area contributed by atoms with E-state index in [2.05, 4.69) is 10.6 Å². The summed E-state index contributed by atoms with van der Waals surface area (Å²) in [5.74, 6) is -0.0377. The van der Waals surface area contributed by atoms with Crippen molar-refractivity contribution in [2.24, 2.45) is 11.3 Å². The highest BCUT2D eigenvalue weighted by atomic mass is 35.5. The van der Waals surface area contributed by atoms with Crippen molar-refractivity contribution in [3.8, 4) is 11.8 Å². The molecule has 0 fully saturated rings. The molecule has 2 aromatic carbocycles. The summed E-state index contributed by atoms with van der Waals surface area (Å²) in [6.45, 7) is 6.53. The van der Waals surface area contributed by atoms with E-state index in [1.54, 1.807) is 24.3 Å². The van der Waals surface area contributed by atoms with Crippen molar-refractivity contribution in [2.45, 2.75) is 27.3 Å². The lowest BCUT2D eigenvalue weighted by Gasteiger charge is -2.32. The molecular formula is C26H24ClN3O3. The van der Waals surface area contributed by atoms with Gasteiger partial charge >= 0.3 is 5.97 Å². The standard InChI is InChI=1S/C26H24ClN3O3/c1-16-10-20(33-15-26(3)9-5-4-6-21(26)25(31)32)12-23-24(16)29-17(2)30(23)14-19-8-7-18(13-28)11-22(19)27/h4-12,21H,14-15H2,1-3H3,(H,31,32). The Balaban J connectivity index is 1.65. The van der Waals surface area contributed by atoms with Crippen LogP contribution < -0.4 is 4.74 Å². The number of ether oxygens (including phenoxy) is 1. The number of nitriles is 1. The highest BCUT2D eigenvalue weighted by Crippen LogP contribution is 2.35. The predicted octanol–water partition coefficient (Wildman–Crippen LogP) is 5.44. The third-order valence-corrected chi connectivity index (χ3v) is 6.49. The zero-order valence-corrected chi connectivity index (χ0v) is 19.4. The highest BCUT2D eigenvalue weighted by Gasteiger charge is 2.37. The number of fused-ring (bicyclic) bond motifs is 1. The van der Waals surface area contributed by atoms with E-state index in [0.717, 1.165) is 28.0 Å². The van der Waals surface area contributed by atoms with Crippen molar-refractivity contribution >= 4 is 28.6 Å². The van der Waals surface area contributed by atoms with Gasteiger partial charge in [-0.2, -0.15) is 5.26 Å². The summed E-state index contributed by atoms with van der Waals surface area (Å²) in [5.41, 5.74) is 3.49. The van der Waals surface area contributed by atoms with Gasteiger partial charge in [-0.05, 0) is 43.2 Å². The maximum atomic E-state index is 11.7. The van der Waals surface area contributed by atoms with Gasteiger partial charge in [0.2, 0.25) is 0 Å². The molecule has 1 aliphatic carbocycles. The molecule has 1 aliphatic rings. The van der Waals surface area contributed by atoms with Crippen molar-refractivity contribution in [1.29, 1.82) is 5.26 Å². The molecule has 0 radical (unpaired) electrons. The van der Waals surface area contributed by atoms with Gasteiger partial charge in [0, 0.05) is 16.5 Å². The van der Waals surface area contributed by atoms with Gasteiger partial charge in [0.05, 0.1) is 41.7 Å². The minimum absolute atomic E-state index is 0.227. The first-order chi connectivity index (χ1) is 15.7. The second kappa shape index (κ2) is 8.76. The summed E-state index contributed by atoms with van der Waals surface area (Å²) in [7, 11) is 0. The highest BCUT2D eigenvalue weighted by molar-refractivity contribution is 6.31. The van der Waals surface area contributed by atoms with Crippen LogP contribution >= 0.6 is 11.6 Å². The summed E-state index contributed by atoms with van der Waals surface area (Å²) in [4.78, 5) is 16.4. The van der Waals surface area contributed by atoms with Crippen molar-refractivity contribution in [3.05, 3.63) is 82.2 Å². The molecule has 0 spiro atoms. The van der Waals surface area contributed by atoms with Crippen molar-refractivity contribution in [3.63, 3.8) is 0 Å². The lowest BCUT2D eigenvalue weighted by atomic mass is 9.75. The monoisotopic (exact) mass is 461 g/mol. The summed E-state index contributed by atoms with van der Waals surface area (Å²) in [5, 5.41) is 19.2. The number of aliphatic carboxylic acids is 1. The number of benzene rings is 2. The fraction of sp³-hybridized carbons (Fsp3) is 0.269. The van der Waals surface area contributed by atoms with Crippen LogP contribution in [0.1, 0.15) is 29.4 Å². The zero-order chi connectivity index (χ0) is 23.8. The van der Waals surface area contributed by atoms with Gasteiger partial charge in [0.1, 0.15) is 11.6 Å². The van der Waals surface area contributed by atoms with E-state index in [-0.39, 0.29) is 6.61 Å². The molecule has 6 nitrogen and oxygen atoms in total. The second-order valence-electron chi connectivity index (χ2n) is 8.63. The fourth-order valence-corrected chi connectivity index (χ4v) is 4.43. The smallest absolute Gasteiger partial charge is 0.311 e. The third-order valence-electron chi connectivity index (χ3n) is 6.14. The number of carbonyl (C=O) groups is 1. The first kappa shape index (κ1) is 22.6.